The van der Waals surface area contributed by atoms with Crippen LogP contribution in [0.4, 0.5) is 0 Å². The molecule has 0 spiro atoms. The van der Waals surface area contributed by atoms with Gasteiger partial charge in [-0.1, -0.05) is 263 Å². The van der Waals surface area contributed by atoms with Crippen molar-refractivity contribution in [2.24, 2.45) is 0 Å². The first-order chi connectivity index (χ1) is 50.7. The third kappa shape index (κ3) is 74.9. The Balaban J connectivity index is 5.43. The zero-order chi connectivity index (χ0) is 76.0. The van der Waals surface area contributed by atoms with E-state index in [-0.39, 0.29) is 25.7 Å². The predicted molar refractivity (Wildman–Crippen MR) is 427 cm³/mol. The van der Waals surface area contributed by atoms with Crippen molar-refractivity contribution in [2.45, 2.75) is 316 Å². The van der Waals surface area contributed by atoms with Crippen LogP contribution in [-0.2, 0) is 65.4 Å². The number of aliphatic hydroxyl groups is 1. The first-order valence-electron chi connectivity index (χ1n) is 39.7. The lowest BCUT2D eigenvalue weighted by molar-refractivity contribution is -0.161. The summed E-state index contributed by atoms with van der Waals surface area (Å²) in [5, 5.41) is 10.6. The van der Waals surface area contributed by atoms with E-state index in [1.165, 1.54) is 19.3 Å². The minimum Gasteiger partial charge on any atom is -0.462 e. The molecule has 19 heteroatoms. The summed E-state index contributed by atoms with van der Waals surface area (Å²) in [5.74, 6) is -2.29. The van der Waals surface area contributed by atoms with Gasteiger partial charge in [0.15, 0.2) is 12.2 Å². The van der Waals surface area contributed by atoms with Crippen molar-refractivity contribution >= 4 is 39.5 Å². The normalized spacial score (nSPS) is 14.7. The highest BCUT2D eigenvalue weighted by molar-refractivity contribution is 7.47. The van der Waals surface area contributed by atoms with Gasteiger partial charge in [-0.15, -0.1) is 0 Å². The lowest BCUT2D eigenvalue weighted by atomic mass is 10.1. The summed E-state index contributed by atoms with van der Waals surface area (Å²) in [6, 6.07) is 0. The van der Waals surface area contributed by atoms with Gasteiger partial charge in [-0.3, -0.25) is 37.3 Å². The molecule has 0 aromatic heterocycles. The van der Waals surface area contributed by atoms with E-state index in [0.717, 1.165) is 193 Å². The SMILES string of the molecule is CC/C=C\C/C=C\C/C=C\C/C=C\CCCCCCC(=O)OCC(COP(=O)(O)OCC(O)COP(=O)(O)OCC(COC(=O)CCCCCCCC/C=C\C/C=C\C/C=C\CCCCC)OC(=O)CCCC/C=C\C/C=C\C/C=C\C/C=C\CC)OC(=O)CCCCCCC/C=C\C/C=C\CCC. The average molecular weight is 1500 g/mol. The van der Waals surface area contributed by atoms with Gasteiger partial charge in [0, 0.05) is 25.7 Å². The van der Waals surface area contributed by atoms with Gasteiger partial charge in [-0.2, -0.15) is 0 Å². The molecule has 0 saturated carbocycles. The van der Waals surface area contributed by atoms with E-state index in [2.05, 4.69) is 186 Å². The van der Waals surface area contributed by atoms with Crippen LogP contribution >= 0.6 is 15.6 Å². The van der Waals surface area contributed by atoms with Crippen molar-refractivity contribution in [1.82, 2.24) is 0 Å². The molecule has 3 N–H and O–H groups in total. The van der Waals surface area contributed by atoms with Gasteiger partial charge in [-0.05, 0) is 167 Å². The number of phosphoric ester groups is 2. The number of carbonyl (C=O) groups excluding carboxylic acids is 4. The topological polar surface area (TPSA) is 237 Å². The smallest absolute Gasteiger partial charge is 0.462 e. The van der Waals surface area contributed by atoms with Crippen molar-refractivity contribution in [3.8, 4) is 0 Å². The molecule has 0 aromatic rings. The fraction of sp³-hybridized carbons (Fsp3) is 0.647. The van der Waals surface area contributed by atoms with Gasteiger partial charge in [0.05, 0.1) is 26.4 Å². The Bertz CT molecular complexity index is 2590. The van der Waals surface area contributed by atoms with Crippen LogP contribution in [0, 0.1) is 0 Å². The Morgan fingerprint density at radius 3 is 0.827 bits per heavy atom. The molecule has 0 bridgehead atoms. The molecule has 0 rings (SSSR count). The van der Waals surface area contributed by atoms with Gasteiger partial charge in [0.2, 0.25) is 0 Å². The van der Waals surface area contributed by atoms with Crippen molar-refractivity contribution in [3.05, 3.63) is 158 Å². The molecule has 0 saturated heterocycles. The molecule has 0 aliphatic rings. The Hall–Kier alpha value is -5.32. The Morgan fingerprint density at radius 1 is 0.279 bits per heavy atom. The predicted octanol–water partition coefficient (Wildman–Crippen LogP) is 23.2. The molecule has 0 heterocycles. The number of unbranched alkanes of at least 4 members (excludes halogenated alkanes) is 21. The van der Waals surface area contributed by atoms with Crippen LogP contribution in [-0.4, -0.2) is 96.7 Å². The summed E-state index contributed by atoms with van der Waals surface area (Å²) in [5.41, 5.74) is 0. The van der Waals surface area contributed by atoms with E-state index in [9.17, 15) is 43.2 Å². The maximum atomic E-state index is 13.1. The molecule has 104 heavy (non-hydrogen) atoms. The number of hydrogen-bond donors (Lipinski definition) is 3. The molecule has 0 aliphatic heterocycles. The summed E-state index contributed by atoms with van der Waals surface area (Å²) in [6.45, 7) is 4.44. The molecule has 0 fully saturated rings. The van der Waals surface area contributed by atoms with E-state index in [1.807, 2.05) is 0 Å². The van der Waals surface area contributed by atoms with Crippen LogP contribution in [0.3, 0.4) is 0 Å². The zero-order valence-electron chi connectivity index (χ0n) is 64.6. The highest BCUT2D eigenvalue weighted by Gasteiger charge is 2.30. The van der Waals surface area contributed by atoms with Crippen molar-refractivity contribution < 1.29 is 80.2 Å². The second kappa shape index (κ2) is 75.9. The summed E-state index contributed by atoms with van der Waals surface area (Å²) < 4.78 is 68.5. The van der Waals surface area contributed by atoms with Crippen LogP contribution in [0.2, 0.25) is 0 Å². The number of ether oxygens (including phenoxy) is 4. The van der Waals surface area contributed by atoms with Crippen molar-refractivity contribution in [2.75, 3.05) is 39.6 Å². The standard InChI is InChI=1S/C85H140O17P2/c1-5-9-13-17-21-25-29-33-36-38-39-41-44-47-50-54-58-62-66-70-83(88)96-76-81(102-85(90)72-68-64-60-56-52-48-42-35-31-27-23-19-15-11-7-3)78-100-104(93,94)98-74-79(86)73-97-103(91,92)99-77-80(101-84(89)71-67-63-59-55-51-45-32-28-24-20-16-12-8-4)75-95-82(87)69-65-61-57-53-49-46-43-40-37-34-30-26-22-18-14-10-6-2/h10-11,14-16,20-23,25-28,32-37,39,41-43,46,52,56,79-81,86H,5-9,12-13,17-19,24,29-31,38,40,44-45,47-51,53-55,57-78H2,1-4H3,(H,91,92)(H,93,94)/b14-10-,15-11-,20-16-,25-21-,26-22-,27-23-,32-28-,36-33-,37-34-,41-39-,42-35-,46-43-,56-52-. The molecule has 5 atom stereocenters. The molecule has 0 aromatic carbocycles. The second-order valence-electron chi connectivity index (χ2n) is 25.9. The van der Waals surface area contributed by atoms with Crippen molar-refractivity contribution in [1.29, 1.82) is 0 Å². The third-order valence-electron chi connectivity index (χ3n) is 15.9. The molecular formula is C85H140O17P2. The monoisotopic (exact) mass is 1490 g/mol. The lowest BCUT2D eigenvalue weighted by Crippen LogP contribution is -2.30. The maximum absolute atomic E-state index is 13.1. The quantitative estimate of drug-likeness (QED) is 0.0169. The molecule has 0 radical (unpaired) electrons. The molecule has 592 valence electrons. The van der Waals surface area contributed by atoms with E-state index < -0.39 is 97.5 Å². The summed E-state index contributed by atoms with van der Waals surface area (Å²) in [7, 11) is -10.00. The van der Waals surface area contributed by atoms with Gasteiger partial charge in [0.25, 0.3) is 0 Å². The van der Waals surface area contributed by atoms with Crippen LogP contribution in [0.5, 0.6) is 0 Å². The van der Waals surface area contributed by atoms with Crippen LogP contribution in [0.25, 0.3) is 0 Å². The van der Waals surface area contributed by atoms with Crippen LogP contribution < -0.4 is 0 Å². The molecule has 5 unspecified atom stereocenters. The maximum Gasteiger partial charge on any atom is 0.472 e. The number of aliphatic hydroxyl groups excluding tert-OH is 1. The van der Waals surface area contributed by atoms with E-state index >= 15 is 0 Å². The summed E-state index contributed by atoms with van der Waals surface area (Å²) in [6.07, 6.45) is 88.0. The van der Waals surface area contributed by atoms with Crippen LogP contribution in [0.15, 0.2) is 158 Å². The number of esters is 4. The van der Waals surface area contributed by atoms with E-state index in [1.54, 1.807) is 0 Å². The molecular weight excluding hydrogens is 1350 g/mol. The van der Waals surface area contributed by atoms with E-state index in [4.69, 9.17) is 37.0 Å². The summed E-state index contributed by atoms with van der Waals surface area (Å²) >= 11 is 0. The highest BCUT2D eigenvalue weighted by Crippen LogP contribution is 2.45. The zero-order valence-corrected chi connectivity index (χ0v) is 66.4. The summed E-state index contributed by atoms with van der Waals surface area (Å²) in [4.78, 5) is 73.0. The third-order valence-corrected chi connectivity index (χ3v) is 17.8. The minimum absolute atomic E-state index is 0.0341. The second-order valence-corrected chi connectivity index (χ2v) is 28.8. The Kier molecular flexibility index (Phi) is 72.0. The Labute approximate surface area is 629 Å². The average Bonchev–Trinajstić information content (AvgIpc) is 0.918. The fourth-order valence-electron chi connectivity index (χ4n) is 9.95. The number of hydrogen-bond acceptors (Lipinski definition) is 15. The first-order valence-corrected chi connectivity index (χ1v) is 42.7. The lowest BCUT2D eigenvalue weighted by Gasteiger charge is -2.21. The number of allylic oxidation sites excluding steroid dienone is 26. The van der Waals surface area contributed by atoms with Gasteiger partial charge >= 0.3 is 39.5 Å². The number of phosphoric acid groups is 2. The first kappa shape index (κ1) is 98.7. The minimum atomic E-state index is -5.00. The number of rotatable bonds is 73. The van der Waals surface area contributed by atoms with Crippen LogP contribution in [0.1, 0.15) is 297 Å². The molecule has 17 nitrogen and oxygen atoms in total. The van der Waals surface area contributed by atoms with E-state index in [0.29, 0.717) is 32.1 Å². The Morgan fingerprint density at radius 2 is 0.519 bits per heavy atom. The van der Waals surface area contributed by atoms with Crippen molar-refractivity contribution in [3.63, 3.8) is 0 Å². The molecule has 0 aliphatic carbocycles. The van der Waals surface area contributed by atoms with Gasteiger partial charge in [-0.25, -0.2) is 9.13 Å². The highest BCUT2D eigenvalue weighted by atomic mass is 31.2. The van der Waals surface area contributed by atoms with Gasteiger partial charge < -0.3 is 33.8 Å². The van der Waals surface area contributed by atoms with Gasteiger partial charge in [0.1, 0.15) is 19.3 Å². The molecule has 0 amide bonds. The largest absolute Gasteiger partial charge is 0.472 e. The number of carbonyl (C=O) groups is 4. The fourth-order valence-corrected chi connectivity index (χ4v) is 11.5.